The van der Waals surface area contributed by atoms with Crippen molar-refractivity contribution in [2.45, 2.75) is 17.0 Å². The minimum atomic E-state index is -3.65. The minimum Gasteiger partial charge on any atom is -0.269 e. The number of thiophene rings is 1. The summed E-state index contributed by atoms with van der Waals surface area (Å²) in [6.07, 6.45) is 0. The van der Waals surface area contributed by atoms with Gasteiger partial charge in [-0.25, -0.2) is 12.8 Å². The van der Waals surface area contributed by atoms with E-state index in [2.05, 4.69) is 0 Å². The highest BCUT2D eigenvalue weighted by atomic mass is 35.5. The molecule has 0 saturated heterocycles. The number of hydrogen-bond donors (Lipinski definition) is 0. The van der Waals surface area contributed by atoms with Crippen molar-refractivity contribution < 1.29 is 12.8 Å². The van der Waals surface area contributed by atoms with Crippen LogP contribution in [0.1, 0.15) is 10.4 Å². The Kier molecular flexibility index (Phi) is 4.36. The predicted octanol–water partition coefficient (Wildman–Crippen LogP) is 3.76. The van der Waals surface area contributed by atoms with Gasteiger partial charge < -0.3 is 0 Å². The van der Waals surface area contributed by atoms with Crippen molar-refractivity contribution in [3.05, 3.63) is 46.6 Å². The van der Waals surface area contributed by atoms with Crippen molar-refractivity contribution in [3.8, 4) is 0 Å². The molecule has 2 rings (SSSR count). The van der Waals surface area contributed by atoms with E-state index < -0.39 is 15.8 Å². The van der Waals surface area contributed by atoms with Gasteiger partial charge in [-0.3, -0.25) is 4.31 Å². The number of sulfonamides is 1. The molecule has 0 amide bonds. The van der Waals surface area contributed by atoms with E-state index >= 15 is 0 Å². The fraction of sp³-hybridized carbons (Fsp3) is 0.231. The summed E-state index contributed by atoms with van der Waals surface area (Å²) < 4.78 is 39.3. The number of anilines is 1. The Labute approximate surface area is 126 Å². The van der Waals surface area contributed by atoms with Gasteiger partial charge in [0, 0.05) is 11.9 Å². The van der Waals surface area contributed by atoms with Crippen LogP contribution in [0, 0.1) is 12.7 Å². The molecule has 0 fully saturated rings. The summed E-state index contributed by atoms with van der Waals surface area (Å²) in [5, 5.41) is 0. The first-order valence-electron chi connectivity index (χ1n) is 5.76. The van der Waals surface area contributed by atoms with Gasteiger partial charge in [0.2, 0.25) is 0 Å². The summed E-state index contributed by atoms with van der Waals surface area (Å²) in [5.41, 5.74) is 1.26. The Bertz CT molecular complexity index is 710. The number of halogens is 2. The molecule has 0 radical (unpaired) electrons. The highest BCUT2D eigenvalue weighted by Crippen LogP contribution is 2.31. The lowest BCUT2D eigenvalue weighted by Gasteiger charge is -2.18. The van der Waals surface area contributed by atoms with Crippen molar-refractivity contribution in [2.24, 2.45) is 0 Å². The molecule has 0 atom stereocenters. The van der Waals surface area contributed by atoms with Gasteiger partial charge in [-0.1, -0.05) is 0 Å². The van der Waals surface area contributed by atoms with Crippen molar-refractivity contribution in [2.75, 3.05) is 11.4 Å². The smallest absolute Gasteiger partial charge is 0.269 e. The molecule has 0 aliphatic rings. The van der Waals surface area contributed by atoms with Crippen molar-refractivity contribution in [1.82, 2.24) is 0 Å². The van der Waals surface area contributed by atoms with Crippen LogP contribution in [-0.2, 0) is 15.9 Å². The van der Waals surface area contributed by atoms with E-state index in [1.165, 1.54) is 31.3 Å². The van der Waals surface area contributed by atoms with Gasteiger partial charge in [0.1, 0.15) is 10.0 Å². The maximum Gasteiger partial charge on any atom is 0.273 e. The fourth-order valence-electron chi connectivity index (χ4n) is 1.67. The van der Waals surface area contributed by atoms with E-state index in [9.17, 15) is 12.8 Å². The summed E-state index contributed by atoms with van der Waals surface area (Å²) in [4.78, 5) is 0.831. The van der Waals surface area contributed by atoms with Crippen molar-refractivity contribution in [3.63, 3.8) is 0 Å². The molecule has 3 nitrogen and oxygen atoms in total. The fourth-order valence-corrected chi connectivity index (χ4v) is 4.85. The summed E-state index contributed by atoms with van der Waals surface area (Å²) in [6.45, 7) is 1.82. The number of aryl methyl sites for hydroxylation is 1. The molecule has 1 aromatic heterocycles. The number of benzene rings is 1. The molecule has 20 heavy (non-hydrogen) atoms. The third-order valence-electron chi connectivity index (χ3n) is 2.92. The van der Waals surface area contributed by atoms with E-state index in [0.717, 1.165) is 26.1 Å². The third kappa shape index (κ3) is 2.82. The quantitative estimate of drug-likeness (QED) is 0.799. The highest BCUT2D eigenvalue weighted by Gasteiger charge is 2.24. The first-order valence-corrected chi connectivity index (χ1v) is 8.55. The lowest BCUT2D eigenvalue weighted by atomic mass is 10.3. The van der Waals surface area contributed by atoms with E-state index in [1.807, 2.05) is 6.92 Å². The highest BCUT2D eigenvalue weighted by molar-refractivity contribution is 7.94. The van der Waals surface area contributed by atoms with Crippen molar-refractivity contribution >= 4 is 38.6 Å². The van der Waals surface area contributed by atoms with Crippen LogP contribution >= 0.6 is 22.9 Å². The topological polar surface area (TPSA) is 37.4 Å². The summed E-state index contributed by atoms with van der Waals surface area (Å²) in [7, 11) is -2.20. The number of alkyl halides is 1. The van der Waals surface area contributed by atoms with Gasteiger partial charge in [-0.2, -0.15) is 0 Å². The van der Waals surface area contributed by atoms with Gasteiger partial charge in [-0.05, 0) is 42.8 Å². The SMILES string of the molecule is Cc1cc(S(=O)(=O)N(C)c2ccc(F)cc2)sc1CCl. The van der Waals surface area contributed by atoms with Crippen LogP contribution in [0.3, 0.4) is 0 Å². The first kappa shape index (κ1) is 15.3. The number of nitrogens with zero attached hydrogens (tertiary/aromatic N) is 1. The van der Waals surface area contributed by atoms with E-state index in [4.69, 9.17) is 11.6 Å². The van der Waals surface area contributed by atoms with Crippen LogP contribution in [0.5, 0.6) is 0 Å². The zero-order valence-electron chi connectivity index (χ0n) is 10.9. The van der Waals surface area contributed by atoms with Gasteiger partial charge in [-0.15, -0.1) is 22.9 Å². The second-order valence-corrected chi connectivity index (χ2v) is 7.85. The Morgan fingerprint density at radius 3 is 2.40 bits per heavy atom. The van der Waals surface area contributed by atoms with Crippen LogP contribution in [0.2, 0.25) is 0 Å². The molecule has 0 aliphatic carbocycles. The van der Waals surface area contributed by atoms with Crippen LogP contribution < -0.4 is 4.31 Å². The second-order valence-electron chi connectivity index (χ2n) is 4.25. The lowest BCUT2D eigenvalue weighted by Crippen LogP contribution is -2.25. The molecular formula is C13H13ClFNO2S2. The monoisotopic (exact) mass is 333 g/mol. The van der Waals surface area contributed by atoms with Crippen molar-refractivity contribution in [1.29, 1.82) is 0 Å². The van der Waals surface area contributed by atoms with Gasteiger partial charge in [0.25, 0.3) is 10.0 Å². The number of rotatable bonds is 4. The molecule has 7 heteroatoms. The van der Waals surface area contributed by atoms with E-state index in [1.54, 1.807) is 6.07 Å². The Hall–Kier alpha value is -1.11. The number of hydrogen-bond acceptors (Lipinski definition) is 3. The molecule has 0 saturated carbocycles. The molecule has 0 bridgehead atoms. The largest absolute Gasteiger partial charge is 0.273 e. The molecular weight excluding hydrogens is 321 g/mol. The van der Waals surface area contributed by atoms with Crippen LogP contribution in [-0.4, -0.2) is 15.5 Å². The molecule has 0 spiro atoms. The van der Waals surface area contributed by atoms with E-state index in [0.29, 0.717) is 5.69 Å². The average molecular weight is 334 g/mol. The standard InChI is InChI=1S/C13H13ClFNO2S2/c1-9-7-13(19-12(9)8-14)20(17,18)16(2)11-5-3-10(15)4-6-11/h3-7H,8H2,1-2H3. The van der Waals surface area contributed by atoms with Gasteiger partial charge in [0.15, 0.2) is 0 Å². The molecule has 1 heterocycles. The molecule has 0 unspecified atom stereocenters. The maximum absolute atomic E-state index is 12.9. The van der Waals surface area contributed by atoms with Crippen LogP contribution in [0.15, 0.2) is 34.5 Å². The summed E-state index contributed by atoms with van der Waals surface area (Å²) >= 11 is 6.93. The zero-order valence-corrected chi connectivity index (χ0v) is 13.3. The third-order valence-corrected chi connectivity index (χ3v) is 6.82. The summed E-state index contributed by atoms with van der Waals surface area (Å²) in [5.74, 6) is -0.123. The molecule has 1 aromatic carbocycles. The summed E-state index contributed by atoms with van der Waals surface area (Å²) in [6, 6.07) is 6.92. The Morgan fingerprint density at radius 2 is 1.90 bits per heavy atom. The van der Waals surface area contributed by atoms with Crippen LogP contribution in [0.4, 0.5) is 10.1 Å². The molecule has 2 aromatic rings. The second kappa shape index (κ2) is 5.71. The Morgan fingerprint density at radius 1 is 1.30 bits per heavy atom. The van der Waals surface area contributed by atoms with E-state index in [-0.39, 0.29) is 10.1 Å². The van der Waals surface area contributed by atoms with Gasteiger partial charge in [0.05, 0.1) is 11.6 Å². The molecule has 108 valence electrons. The average Bonchev–Trinajstić information content (AvgIpc) is 2.80. The first-order chi connectivity index (χ1) is 9.36. The lowest BCUT2D eigenvalue weighted by molar-refractivity contribution is 0.596. The predicted molar refractivity (Wildman–Crippen MR) is 80.6 cm³/mol. The van der Waals surface area contributed by atoms with Gasteiger partial charge >= 0.3 is 0 Å². The molecule has 0 aliphatic heterocycles. The molecule has 0 N–H and O–H groups in total. The Balaban J connectivity index is 2.40. The minimum absolute atomic E-state index is 0.234. The van der Waals surface area contributed by atoms with Crippen LogP contribution in [0.25, 0.3) is 0 Å². The zero-order chi connectivity index (χ0) is 14.9. The normalized spacial score (nSPS) is 11.6. The maximum atomic E-state index is 12.9.